The van der Waals surface area contributed by atoms with E-state index >= 15 is 0 Å². The van der Waals surface area contributed by atoms with Gasteiger partial charge in [0.1, 0.15) is 4.75 Å². The third-order valence-electron chi connectivity index (χ3n) is 9.36. The molecular weight excluding hydrogens is 597 g/mol. The first-order valence-electron chi connectivity index (χ1n) is 15.1. The number of alkyl halides is 2. The van der Waals surface area contributed by atoms with Gasteiger partial charge in [-0.15, -0.1) is 0 Å². The molecular formula is C33H43F2N5O2SSi. The predicted octanol–water partition coefficient (Wildman–Crippen LogP) is 7.92. The first-order chi connectivity index (χ1) is 20.5. The summed E-state index contributed by atoms with van der Waals surface area (Å²) in [6.45, 7) is 15.2. The molecule has 2 atom stereocenters. The monoisotopic (exact) mass is 639 g/mol. The van der Waals surface area contributed by atoms with E-state index < -0.39 is 30.3 Å². The summed E-state index contributed by atoms with van der Waals surface area (Å²) in [6.07, 6.45) is 1.82. The van der Waals surface area contributed by atoms with Gasteiger partial charge in [0, 0.05) is 53.2 Å². The Balaban J connectivity index is 1.45. The minimum absolute atomic E-state index is 0.104. The molecule has 1 aliphatic carbocycles. The number of aromatic nitrogens is 4. The number of halogens is 2. The highest BCUT2D eigenvalue weighted by atomic mass is 32.2. The molecule has 0 unspecified atom stereocenters. The fraction of sp³-hybridized carbons (Fsp3) is 0.485. The van der Waals surface area contributed by atoms with E-state index in [4.69, 9.17) is 19.5 Å². The van der Waals surface area contributed by atoms with Crippen LogP contribution in [0.5, 0.6) is 0 Å². The first-order valence-corrected chi connectivity index (χ1v) is 19.2. The zero-order valence-corrected chi connectivity index (χ0v) is 28.4. The lowest BCUT2D eigenvalue weighted by molar-refractivity contribution is -0.118. The zero-order chi connectivity index (χ0) is 32.1. The normalized spacial score (nSPS) is 17.4. The standard InChI is InChI=1S/C33H43F2N5O2SSi/c1-31(2,3)44(6,7)42-21-25-10-8-13-30(38-25)40-29-16-22(14-15-23(29)20-37-40)27-11-9-12-28(39-27)26(19-32(4,5)43(36)41)24-17-33(34,35)18-24/h8-16,20,24,26H,17-19,21,36H2,1-7H3/t26-,43-/m1/s1. The lowest BCUT2D eigenvalue weighted by Crippen LogP contribution is -2.44. The molecule has 3 aromatic heterocycles. The number of pyridine rings is 2. The molecule has 4 aromatic rings. The fourth-order valence-corrected chi connectivity index (χ4v) is 6.72. The number of fused-ring (bicyclic) bond motifs is 1. The van der Waals surface area contributed by atoms with Gasteiger partial charge in [0.25, 0.3) is 0 Å². The molecule has 2 N–H and O–H groups in total. The van der Waals surface area contributed by atoms with Crippen molar-refractivity contribution in [2.75, 3.05) is 0 Å². The molecule has 7 nitrogen and oxygen atoms in total. The summed E-state index contributed by atoms with van der Waals surface area (Å²) in [4.78, 5) is 9.84. The topological polar surface area (TPSA) is 102 Å². The van der Waals surface area contributed by atoms with E-state index in [0.29, 0.717) is 24.5 Å². The molecule has 0 radical (unpaired) electrons. The molecule has 3 heterocycles. The molecule has 0 amide bonds. The molecule has 1 aromatic carbocycles. The van der Waals surface area contributed by atoms with Crippen molar-refractivity contribution in [2.45, 2.75) is 95.2 Å². The molecule has 1 saturated carbocycles. The Morgan fingerprint density at radius 2 is 1.77 bits per heavy atom. The highest BCUT2D eigenvalue weighted by Gasteiger charge is 2.51. The summed E-state index contributed by atoms with van der Waals surface area (Å²) in [5, 5.41) is 11.5. The first kappa shape index (κ1) is 32.7. The van der Waals surface area contributed by atoms with Crippen molar-refractivity contribution in [3.8, 4) is 17.1 Å². The van der Waals surface area contributed by atoms with E-state index in [9.17, 15) is 13.3 Å². The summed E-state index contributed by atoms with van der Waals surface area (Å²) >= 11 is -1.61. The molecule has 1 fully saturated rings. The van der Waals surface area contributed by atoms with Crippen molar-refractivity contribution in [1.29, 1.82) is 0 Å². The summed E-state index contributed by atoms with van der Waals surface area (Å²) in [5.74, 6) is -2.51. The van der Waals surface area contributed by atoms with E-state index in [0.717, 1.165) is 27.9 Å². The van der Waals surface area contributed by atoms with Crippen LogP contribution in [-0.2, 0) is 22.4 Å². The van der Waals surface area contributed by atoms with Gasteiger partial charge in [-0.25, -0.2) is 18.4 Å². The average Bonchev–Trinajstić information content (AvgIpc) is 3.36. The summed E-state index contributed by atoms with van der Waals surface area (Å²) in [7, 11) is -1.93. The average molecular weight is 640 g/mol. The Morgan fingerprint density at radius 3 is 2.43 bits per heavy atom. The quantitative estimate of drug-likeness (QED) is 0.140. The summed E-state index contributed by atoms with van der Waals surface area (Å²) in [5.41, 5.74) is 4.03. The summed E-state index contributed by atoms with van der Waals surface area (Å²) in [6, 6.07) is 17.6. The second-order valence-corrected chi connectivity index (χ2v) is 20.7. The van der Waals surface area contributed by atoms with E-state index in [-0.39, 0.29) is 29.7 Å². The Bertz CT molecular complexity index is 1630. The van der Waals surface area contributed by atoms with Gasteiger partial charge >= 0.3 is 0 Å². The van der Waals surface area contributed by atoms with Crippen molar-refractivity contribution in [1.82, 2.24) is 19.7 Å². The number of nitrogens with zero attached hydrogens (tertiary/aromatic N) is 4. The minimum atomic E-state index is -2.67. The van der Waals surface area contributed by atoms with Crippen molar-refractivity contribution < 1.29 is 17.8 Å². The zero-order valence-electron chi connectivity index (χ0n) is 26.6. The van der Waals surface area contributed by atoms with Crippen LogP contribution in [0.3, 0.4) is 0 Å². The molecule has 0 spiro atoms. The van der Waals surface area contributed by atoms with Crippen molar-refractivity contribution in [3.05, 3.63) is 72.2 Å². The molecule has 44 heavy (non-hydrogen) atoms. The minimum Gasteiger partial charge on any atom is -0.598 e. The Kier molecular flexibility index (Phi) is 8.84. The van der Waals surface area contributed by atoms with Gasteiger partial charge in [-0.05, 0) is 68.2 Å². The van der Waals surface area contributed by atoms with Crippen LogP contribution in [0.4, 0.5) is 8.78 Å². The Hall–Kier alpha value is -2.70. The van der Waals surface area contributed by atoms with Crippen molar-refractivity contribution in [2.24, 2.45) is 11.1 Å². The van der Waals surface area contributed by atoms with Crippen LogP contribution in [0.15, 0.2) is 60.8 Å². The number of rotatable bonds is 10. The van der Waals surface area contributed by atoms with Gasteiger partial charge in [-0.1, -0.05) is 45.0 Å². The van der Waals surface area contributed by atoms with E-state index in [1.165, 1.54) is 0 Å². The van der Waals surface area contributed by atoms with Crippen molar-refractivity contribution in [3.63, 3.8) is 0 Å². The molecule has 1 aliphatic rings. The number of benzene rings is 1. The second kappa shape index (κ2) is 11.9. The number of hydrogen-bond donors (Lipinski definition) is 1. The molecule has 0 bridgehead atoms. The van der Waals surface area contributed by atoms with Gasteiger partial charge in [-0.3, -0.25) is 4.98 Å². The molecule has 11 heteroatoms. The van der Waals surface area contributed by atoms with Crippen LogP contribution in [0.25, 0.3) is 28.0 Å². The molecule has 0 saturated heterocycles. The van der Waals surface area contributed by atoms with Crippen LogP contribution in [-0.4, -0.2) is 43.3 Å². The summed E-state index contributed by atoms with van der Waals surface area (Å²) < 4.78 is 47.6. The predicted molar refractivity (Wildman–Crippen MR) is 176 cm³/mol. The van der Waals surface area contributed by atoms with Crippen molar-refractivity contribution >= 4 is 30.6 Å². The highest BCUT2D eigenvalue weighted by Crippen LogP contribution is 2.51. The smallest absolute Gasteiger partial charge is 0.248 e. The van der Waals surface area contributed by atoms with Gasteiger partial charge in [0.05, 0.1) is 29.7 Å². The maximum Gasteiger partial charge on any atom is 0.248 e. The highest BCUT2D eigenvalue weighted by molar-refractivity contribution is 7.90. The number of nitrogens with two attached hydrogens (primary N) is 1. The maximum atomic E-state index is 13.9. The molecule has 236 valence electrons. The number of hydrogen-bond acceptors (Lipinski definition) is 6. The third kappa shape index (κ3) is 6.91. The SMILES string of the molecule is CC(C)(C[C@@H](c1cccc(-c2ccc3cnn(-c4cccc(CO[Si](C)(C)C(C)(C)C)n4)c3c2)n1)C1CC(F)(F)C1)[S@+](N)[O-]. The lowest BCUT2D eigenvalue weighted by Gasteiger charge is -2.42. The van der Waals surface area contributed by atoms with Crippen LogP contribution in [0.2, 0.25) is 18.1 Å². The van der Waals surface area contributed by atoms with Crippen LogP contribution in [0, 0.1) is 5.92 Å². The van der Waals surface area contributed by atoms with Crippen LogP contribution in [0.1, 0.15) is 71.2 Å². The third-order valence-corrected chi connectivity index (χ3v) is 15.1. The van der Waals surface area contributed by atoms with E-state index in [1.807, 2.05) is 79.3 Å². The largest absolute Gasteiger partial charge is 0.598 e. The van der Waals surface area contributed by atoms with E-state index in [2.05, 4.69) is 39.0 Å². The fourth-order valence-electron chi connectivity index (χ4n) is 5.43. The Morgan fingerprint density at radius 1 is 1.07 bits per heavy atom. The van der Waals surface area contributed by atoms with Gasteiger partial charge < -0.3 is 8.98 Å². The Labute approximate surface area is 263 Å². The molecule has 0 aliphatic heterocycles. The molecule has 5 rings (SSSR count). The maximum absolute atomic E-state index is 13.9. The lowest BCUT2D eigenvalue weighted by atomic mass is 9.69. The van der Waals surface area contributed by atoms with Crippen LogP contribution < -0.4 is 5.14 Å². The van der Waals surface area contributed by atoms with Crippen LogP contribution >= 0.6 is 0 Å². The van der Waals surface area contributed by atoms with Gasteiger partial charge in [-0.2, -0.15) is 10.2 Å². The van der Waals surface area contributed by atoms with E-state index in [1.54, 1.807) is 0 Å². The second-order valence-electron chi connectivity index (χ2n) is 14.2. The van der Waals surface area contributed by atoms with Gasteiger partial charge in [0.2, 0.25) is 5.92 Å². The van der Waals surface area contributed by atoms with Gasteiger partial charge in [0.15, 0.2) is 14.1 Å².